The Labute approximate surface area is 102 Å². The Morgan fingerprint density at radius 3 is 2.44 bits per heavy atom. The molecule has 0 aromatic rings. The van der Waals surface area contributed by atoms with Gasteiger partial charge in [-0.2, -0.15) is 0 Å². The lowest BCUT2D eigenvalue weighted by Gasteiger charge is -2.30. The Kier molecular flexibility index (Phi) is 7.87. The SMILES string of the molecule is CCCCCCCCCN1CCC[C@H](N)C1. The minimum atomic E-state index is 0.443. The van der Waals surface area contributed by atoms with E-state index in [-0.39, 0.29) is 0 Å². The standard InChI is InChI=1S/C14H30N2/c1-2-3-4-5-6-7-8-11-16-12-9-10-14(15)13-16/h14H,2-13,15H2,1H3/t14-/m0/s1. The molecular formula is C14H30N2. The molecule has 0 aliphatic carbocycles. The van der Waals surface area contributed by atoms with Gasteiger partial charge in [0.15, 0.2) is 0 Å². The van der Waals surface area contributed by atoms with Crippen LogP contribution in [0, 0.1) is 0 Å². The predicted molar refractivity (Wildman–Crippen MR) is 71.6 cm³/mol. The molecule has 2 heteroatoms. The molecule has 2 nitrogen and oxygen atoms in total. The van der Waals surface area contributed by atoms with Crippen molar-refractivity contribution in [2.45, 2.75) is 70.8 Å². The molecule has 1 aliphatic rings. The van der Waals surface area contributed by atoms with Crippen LogP contribution in [0.2, 0.25) is 0 Å². The van der Waals surface area contributed by atoms with Crippen molar-refractivity contribution in [3.63, 3.8) is 0 Å². The highest BCUT2D eigenvalue weighted by Gasteiger charge is 2.15. The molecule has 1 atom stereocenters. The lowest BCUT2D eigenvalue weighted by atomic mass is 10.1. The Hall–Kier alpha value is -0.0800. The minimum Gasteiger partial charge on any atom is -0.327 e. The smallest absolute Gasteiger partial charge is 0.0168 e. The molecular weight excluding hydrogens is 196 g/mol. The summed E-state index contributed by atoms with van der Waals surface area (Å²) in [6.07, 6.45) is 12.4. The summed E-state index contributed by atoms with van der Waals surface area (Å²) in [5.41, 5.74) is 5.97. The zero-order valence-corrected chi connectivity index (χ0v) is 11.1. The van der Waals surface area contributed by atoms with Gasteiger partial charge >= 0.3 is 0 Å². The largest absolute Gasteiger partial charge is 0.327 e. The quantitative estimate of drug-likeness (QED) is 0.644. The minimum absolute atomic E-state index is 0.443. The summed E-state index contributed by atoms with van der Waals surface area (Å²) >= 11 is 0. The number of unbranched alkanes of at least 4 members (excludes halogenated alkanes) is 6. The zero-order valence-electron chi connectivity index (χ0n) is 11.1. The van der Waals surface area contributed by atoms with E-state index in [9.17, 15) is 0 Å². The van der Waals surface area contributed by atoms with Crippen LogP contribution in [0.5, 0.6) is 0 Å². The van der Waals surface area contributed by atoms with Crippen LogP contribution in [0.4, 0.5) is 0 Å². The van der Waals surface area contributed by atoms with E-state index in [1.54, 1.807) is 0 Å². The fourth-order valence-corrected chi connectivity index (χ4v) is 2.59. The van der Waals surface area contributed by atoms with Gasteiger partial charge in [0.1, 0.15) is 0 Å². The van der Waals surface area contributed by atoms with E-state index < -0.39 is 0 Å². The molecule has 16 heavy (non-hydrogen) atoms. The van der Waals surface area contributed by atoms with Crippen molar-refractivity contribution >= 4 is 0 Å². The van der Waals surface area contributed by atoms with Gasteiger partial charge in [-0.1, -0.05) is 45.4 Å². The van der Waals surface area contributed by atoms with Crippen LogP contribution in [-0.4, -0.2) is 30.6 Å². The second-order valence-corrected chi connectivity index (χ2v) is 5.32. The zero-order chi connectivity index (χ0) is 11.6. The van der Waals surface area contributed by atoms with Gasteiger partial charge in [0.25, 0.3) is 0 Å². The third kappa shape index (κ3) is 6.49. The number of nitrogens with zero attached hydrogens (tertiary/aromatic N) is 1. The monoisotopic (exact) mass is 226 g/mol. The van der Waals surface area contributed by atoms with E-state index in [4.69, 9.17) is 5.73 Å². The van der Waals surface area contributed by atoms with Crippen molar-refractivity contribution in [3.05, 3.63) is 0 Å². The Morgan fingerprint density at radius 1 is 1.06 bits per heavy atom. The summed E-state index contributed by atoms with van der Waals surface area (Å²) in [5, 5.41) is 0. The molecule has 0 spiro atoms. The maximum atomic E-state index is 5.97. The highest BCUT2D eigenvalue weighted by Crippen LogP contribution is 2.11. The first-order valence-corrected chi connectivity index (χ1v) is 7.31. The summed E-state index contributed by atoms with van der Waals surface area (Å²) in [6.45, 7) is 5.97. The Bertz CT molecular complexity index is 159. The predicted octanol–water partition coefficient (Wildman–Crippen LogP) is 3.16. The first kappa shape index (κ1) is 14.0. The van der Waals surface area contributed by atoms with Gasteiger partial charge in [0, 0.05) is 12.6 Å². The topological polar surface area (TPSA) is 29.3 Å². The molecule has 1 aliphatic heterocycles. The fraction of sp³-hybridized carbons (Fsp3) is 1.00. The maximum absolute atomic E-state index is 5.97. The molecule has 1 heterocycles. The van der Waals surface area contributed by atoms with Crippen molar-refractivity contribution in [1.82, 2.24) is 4.90 Å². The summed E-state index contributed by atoms with van der Waals surface area (Å²) in [5.74, 6) is 0. The third-order valence-electron chi connectivity index (χ3n) is 3.62. The van der Waals surface area contributed by atoms with Crippen LogP contribution in [0.15, 0.2) is 0 Å². The lowest BCUT2D eigenvalue weighted by molar-refractivity contribution is 0.205. The number of hydrogen-bond acceptors (Lipinski definition) is 2. The summed E-state index contributed by atoms with van der Waals surface area (Å²) < 4.78 is 0. The van der Waals surface area contributed by atoms with Crippen LogP contribution in [0.3, 0.4) is 0 Å². The van der Waals surface area contributed by atoms with Crippen LogP contribution in [0.25, 0.3) is 0 Å². The van der Waals surface area contributed by atoms with Gasteiger partial charge in [-0.3, -0.25) is 0 Å². The highest BCUT2D eigenvalue weighted by atomic mass is 15.1. The molecule has 0 amide bonds. The van der Waals surface area contributed by atoms with Crippen LogP contribution < -0.4 is 5.73 Å². The Morgan fingerprint density at radius 2 is 1.75 bits per heavy atom. The van der Waals surface area contributed by atoms with Gasteiger partial charge < -0.3 is 10.6 Å². The van der Waals surface area contributed by atoms with Crippen molar-refractivity contribution in [2.24, 2.45) is 5.73 Å². The van der Waals surface area contributed by atoms with Gasteiger partial charge in [-0.15, -0.1) is 0 Å². The molecule has 0 radical (unpaired) electrons. The molecule has 96 valence electrons. The van der Waals surface area contributed by atoms with E-state index in [1.165, 1.54) is 70.9 Å². The van der Waals surface area contributed by atoms with Crippen LogP contribution >= 0.6 is 0 Å². The molecule has 0 aromatic carbocycles. The molecule has 0 unspecified atom stereocenters. The van der Waals surface area contributed by atoms with Crippen molar-refractivity contribution in [3.8, 4) is 0 Å². The number of likely N-dealkylation sites (tertiary alicyclic amines) is 1. The molecule has 0 saturated carbocycles. The average Bonchev–Trinajstić information content (AvgIpc) is 2.28. The first-order valence-electron chi connectivity index (χ1n) is 7.31. The van der Waals surface area contributed by atoms with E-state index in [2.05, 4.69) is 11.8 Å². The first-order chi connectivity index (χ1) is 7.83. The number of nitrogens with two attached hydrogens (primary N) is 1. The Balaban J connectivity index is 1.86. The average molecular weight is 226 g/mol. The van der Waals surface area contributed by atoms with E-state index in [1.807, 2.05) is 0 Å². The lowest BCUT2D eigenvalue weighted by Crippen LogP contribution is -2.43. The van der Waals surface area contributed by atoms with Crippen LogP contribution in [0.1, 0.15) is 64.7 Å². The fourth-order valence-electron chi connectivity index (χ4n) is 2.59. The van der Waals surface area contributed by atoms with Gasteiger partial charge in [0.2, 0.25) is 0 Å². The maximum Gasteiger partial charge on any atom is 0.0168 e. The van der Waals surface area contributed by atoms with Crippen LogP contribution in [-0.2, 0) is 0 Å². The number of hydrogen-bond donors (Lipinski definition) is 1. The molecule has 1 fully saturated rings. The number of rotatable bonds is 8. The molecule has 2 N–H and O–H groups in total. The van der Waals surface area contributed by atoms with Gasteiger partial charge in [-0.25, -0.2) is 0 Å². The molecule has 1 saturated heterocycles. The van der Waals surface area contributed by atoms with Gasteiger partial charge in [-0.05, 0) is 32.4 Å². The van der Waals surface area contributed by atoms with E-state index in [0.717, 1.165) is 6.54 Å². The third-order valence-corrected chi connectivity index (χ3v) is 3.62. The van der Waals surface area contributed by atoms with Crippen molar-refractivity contribution < 1.29 is 0 Å². The van der Waals surface area contributed by atoms with E-state index >= 15 is 0 Å². The molecule has 0 bridgehead atoms. The van der Waals surface area contributed by atoms with Gasteiger partial charge in [0.05, 0.1) is 0 Å². The van der Waals surface area contributed by atoms with Crippen molar-refractivity contribution in [2.75, 3.05) is 19.6 Å². The molecule has 1 rings (SSSR count). The summed E-state index contributed by atoms with van der Waals surface area (Å²) in [6, 6.07) is 0.443. The van der Waals surface area contributed by atoms with Crippen molar-refractivity contribution in [1.29, 1.82) is 0 Å². The van der Waals surface area contributed by atoms with E-state index in [0.29, 0.717) is 6.04 Å². The second kappa shape index (κ2) is 9.00. The number of piperidine rings is 1. The second-order valence-electron chi connectivity index (χ2n) is 5.32. The normalized spacial score (nSPS) is 22.5. The highest BCUT2D eigenvalue weighted by molar-refractivity contribution is 4.74. The summed E-state index contributed by atoms with van der Waals surface area (Å²) in [7, 11) is 0. The molecule has 0 aromatic heterocycles. The summed E-state index contributed by atoms with van der Waals surface area (Å²) in [4.78, 5) is 2.56.